The Kier molecular flexibility index (Phi) is 8.29. The Labute approximate surface area is 172 Å². The molecule has 1 aromatic rings. The van der Waals surface area contributed by atoms with Gasteiger partial charge in [0.1, 0.15) is 0 Å². The summed E-state index contributed by atoms with van der Waals surface area (Å²) < 4.78 is 27.0. The zero-order chi connectivity index (χ0) is 19.4. The highest BCUT2D eigenvalue weighted by Gasteiger charge is 2.37. The third-order valence-electron chi connectivity index (χ3n) is 5.27. The lowest BCUT2D eigenvalue weighted by atomic mass is 9.78. The summed E-state index contributed by atoms with van der Waals surface area (Å²) in [5.74, 6) is -0.741. The van der Waals surface area contributed by atoms with Crippen molar-refractivity contribution in [1.29, 1.82) is 0 Å². The van der Waals surface area contributed by atoms with Crippen molar-refractivity contribution in [2.24, 2.45) is 0 Å². The van der Waals surface area contributed by atoms with E-state index in [1.54, 1.807) is 30.3 Å². The van der Waals surface area contributed by atoms with Crippen molar-refractivity contribution in [3.05, 3.63) is 30.3 Å². The number of nitrogens with zero attached hydrogens (tertiary/aromatic N) is 2. The van der Waals surface area contributed by atoms with Crippen LogP contribution in [0.3, 0.4) is 0 Å². The van der Waals surface area contributed by atoms with Gasteiger partial charge in [-0.25, -0.2) is 8.42 Å². The average Bonchev–Trinajstić information content (AvgIpc) is 3.17. The molecule has 2 aliphatic rings. The summed E-state index contributed by atoms with van der Waals surface area (Å²) in [5, 5.41) is 21.9. The van der Waals surface area contributed by atoms with Crippen LogP contribution in [0.4, 0.5) is 0 Å². The zero-order valence-corrected chi connectivity index (χ0v) is 17.2. The van der Waals surface area contributed by atoms with Gasteiger partial charge in [0.15, 0.2) is 0 Å². The summed E-state index contributed by atoms with van der Waals surface area (Å²) in [6.07, 6.45) is 2.84. The minimum Gasteiger partial charge on any atom is -0.426 e. The van der Waals surface area contributed by atoms with Gasteiger partial charge in [-0.3, -0.25) is 4.79 Å². The molecule has 3 rings (SSSR count). The molecular formula is C17H27BClN3O5S. The van der Waals surface area contributed by atoms with Crippen LogP contribution in [0.15, 0.2) is 35.2 Å². The maximum Gasteiger partial charge on any atom is 0.475 e. The summed E-state index contributed by atoms with van der Waals surface area (Å²) >= 11 is 0. The molecule has 8 nitrogen and oxygen atoms in total. The number of halogens is 1. The van der Waals surface area contributed by atoms with E-state index in [0.717, 1.165) is 19.3 Å². The van der Waals surface area contributed by atoms with Crippen LogP contribution in [0.2, 0.25) is 0 Å². The van der Waals surface area contributed by atoms with E-state index in [-0.39, 0.29) is 35.8 Å². The van der Waals surface area contributed by atoms with Gasteiger partial charge in [-0.05, 0) is 37.8 Å². The minimum absolute atomic E-state index is 0. The Morgan fingerprint density at radius 2 is 1.82 bits per heavy atom. The average molecular weight is 432 g/mol. The number of hydrogen-bond acceptors (Lipinski definition) is 6. The highest BCUT2D eigenvalue weighted by molar-refractivity contribution is 7.89. The molecule has 11 heteroatoms. The first-order chi connectivity index (χ1) is 12.9. The van der Waals surface area contributed by atoms with Crippen LogP contribution in [0, 0.1) is 0 Å². The van der Waals surface area contributed by atoms with Crippen LogP contribution in [0.25, 0.3) is 0 Å². The Hall–Kier alpha value is -1.17. The van der Waals surface area contributed by atoms with Gasteiger partial charge in [-0.2, -0.15) is 4.31 Å². The summed E-state index contributed by atoms with van der Waals surface area (Å²) in [4.78, 5) is 14.2. The number of nitrogens with one attached hydrogen (secondary N) is 1. The van der Waals surface area contributed by atoms with E-state index in [9.17, 15) is 23.3 Å². The maximum atomic E-state index is 12.8. The first-order valence-electron chi connectivity index (χ1n) is 9.34. The van der Waals surface area contributed by atoms with Gasteiger partial charge >= 0.3 is 7.12 Å². The number of amides is 1. The fourth-order valence-electron chi connectivity index (χ4n) is 3.81. The van der Waals surface area contributed by atoms with Crippen LogP contribution in [-0.2, 0) is 14.8 Å². The molecule has 156 valence electrons. The topological polar surface area (TPSA) is 110 Å². The number of piperidine rings is 1. The number of rotatable bonds is 6. The number of benzene rings is 1. The summed E-state index contributed by atoms with van der Waals surface area (Å²) in [7, 11) is -5.07. The Balaban J connectivity index is 0.00000280. The molecule has 0 saturated carbocycles. The Morgan fingerprint density at radius 1 is 1.14 bits per heavy atom. The predicted octanol–water partition coefficient (Wildman–Crippen LogP) is -0.146. The number of sulfonamides is 1. The van der Waals surface area contributed by atoms with Crippen LogP contribution in [0.5, 0.6) is 0 Å². The van der Waals surface area contributed by atoms with Crippen molar-refractivity contribution in [3.63, 3.8) is 0 Å². The largest absolute Gasteiger partial charge is 0.475 e. The zero-order valence-electron chi connectivity index (χ0n) is 15.6. The van der Waals surface area contributed by atoms with E-state index < -0.39 is 23.1 Å². The molecular weight excluding hydrogens is 405 g/mol. The molecule has 0 aromatic heterocycles. The molecule has 1 aromatic carbocycles. The summed E-state index contributed by atoms with van der Waals surface area (Å²) in [6.45, 7) is 1.36. The van der Waals surface area contributed by atoms with Gasteiger partial charge in [0.25, 0.3) is 0 Å². The predicted molar refractivity (Wildman–Crippen MR) is 108 cm³/mol. The molecule has 28 heavy (non-hydrogen) atoms. The van der Waals surface area contributed by atoms with Crippen LogP contribution in [0.1, 0.15) is 25.7 Å². The fraction of sp³-hybridized carbons (Fsp3) is 0.588. The minimum atomic E-state index is -3.54. The second kappa shape index (κ2) is 10.0. The van der Waals surface area contributed by atoms with E-state index in [1.807, 2.05) is 0 Å². The van der Waals surface area contributed by atoms with Crippen molar-refractivity contribution >= 4 is 35.5 Å². The maximum absolute atomic E-state index is 12.8. The smallest absolute Gasteiger partial charge is 0.426 e. The molecule has 0 aliphatic carbocycles. The fourth-order valence-corrected chi connectivity index (χ4v) is 5.36. The third kappa shape index (κ3) is 5.25. The van der Waals surface area contributed by atoms with Gasteiger partial charge in [0.05, 0.1) is 17.4 Å². The van der Waals surface area contributed by atoms with Gasteiger partial charge in [0.2, 0.25) is 15.9 Å². The lowest BCUT2D eigenvalue weighted by Crippen LogP contribution is -2.52. The lowest BCUT2D eigenvalue weighted by molar-refractivity contribution is -0.130. The van der Waals surface area contributed by atoms with Crippen molar-refractivity contribution in [3.8, 4) is 0 Å². The van der Waals surface area contributed by atoms with Gasteiger partial charge in [-0.1, -0.05) is 18.2 Å². The van der Waals surface area contributed by atoms with E-state index in [1.165, 1.54) is 9.21 Å². The summed E-state index contributed by atoms with van der Waals surface area (Å²) in [6, 6.07) is 8.25. The van der Waals surface area contributed by atoms with E-state index in [0.29, 0.717) is 26.1 Å². The Morgan fingerprint density at radius 3 is 2.50 bits per heavy atom. The van der Waals surface area contributed by atoms with E-state index >= 15 is 0 Å². The first kappa shape index (κ1) is 23.1. The second-order valence-electron chi connectivity index (χ2n) is 7.11. The van der Waals surface area contributed by atoms with Gasteiger partial charge in [0, 0.05) is 25.7 Å². The molecule has 2 saturated heterocycles. The van der Waals surface area contributed by atoms with Gasteiger partial charge < -0.3 is 20.3 Å². The lowest BCUT2D eigenvalue weighted by Gasteiger charge is -2.33. The van der Waals surface area contributed by atoms with Crippen molar-refractivity contribution in [2.75, 3.05) is 26.2 Å². The Bertz CT molecular complexity index is 752. The molecule has 0 spiro atoms. The highest BCUT2D eigenvalue weighted by atomic mass is 35.5. The monoisotopic (exact) mass is 431 g/mol. The van der Waals surface area contributed by atoms with E-state index in [2.05, 4.69) is 5.32 Å². The van der Waals surface area contributed by atoms with Crippen LogP contribution >= 0.6 is 12.4 Å². The molecule has 2 aliphatic heterocycles. The number of carbonyl (C=O) groups is 1. The van der Waals surface area contributed by atoms with Crippen LogP contribution in [-0.4, -0.2) is 78.9 Å². The molecule has 1 amide bonds. The summed E-state index contributed by atoms with van der Waals surface area (Å²) in [5.41, 5.74) is 0. The molecule has 2 atom stereocenters. The van der Waals surface area contributed by atoms with Gasteiger partial charge in [-0.15, -0.1) is 12.4 Å². The van der Waals surface area contributed by atoms with Crippen molar-refractivity contribution < 1.29 is 23.3 Å². The molecule has 0 radical (unpaired) electrons. The van der Waals surface area contributed by atoms with Crippen LogP contribution < -0.4 is 5.32 Å². The third-order valence-corrected chi connectivity index (χ3v) is 7.15. The standard InChI is InChI=1S/C17H26BN3O5S.ClH/c22-17(21-11-5-9-16(21)18(23)24)12-19-14-6-4-10-20(13-14)27(25,26)15-7-2-1-3-8-15;/h1-3,7-8,14,16,19,23-24H,4-6,9-13H2;1H/t14?,16-;/m0./s1. The SMILES string of the molecule is Cl.O=C(CNC1CCCN(S(=O)(=O)c2ccccc2)C1)N1CCC[C@H]1B(O)O. The number of carbonyl (C=O) groups excluding carboxylic acids is 1. The number of likely N-dealkylation sites (tertiary alicyclic amines) is 1. The molecule has 2 fully saturated rings. The molecule has 2 heterocycles. The number of hydrogen-bond donors (Lipinski definition) is 3. The molecule has 0 bridgehead atoms. The molecule has 3 N–H and O–H groups in total. The molecule has 1 unspecified atom stereocenters. The highest BCUT2D eigenvalue weighted by Crippen LogP contribution is 2.21. The van der Waals surface area contributed by atoms with Crippen molar-refractivity contribution in [2.45, 2.75) is 42.6 Å². The first-order valence-corrected chi connectivity index (χ1v) is 10.8. The van der Waals surface area contributed by atoms with E-state index in [4.69, 9.17) is 0 Å². The second-order valence-corrected chi connectivity index (χ2v) is 9.04. The normalized spacial score (nSPS) is 23.3. The quantitative estimate of drug-likeness (QED) is 0.541. The van der Waals surface area contributed by atoms with Crippen molar-refractivity contribution in [1.82, 2.24) is 14.5 Å².